The monoisotopic (exact) mass is 232 g/mol. The minimum absolute atomic E-state index is 0. The van der Waals surface area contributed by atoms with E-state index < -0.39 is 0 Å². The SMILES string of the molecule is COc1ncc(F)cc1C1CCCN1.Cl. The lowest BCUT2D eigenvalue weighted by Crippen LogP contribution is -2.14. The largest absolute Gasteiger partial charge is 0.481 e. The number of rotatable bonds is 2. The van der Waals surface area contributed by atoms with Crippen LogP contribution in [0.5, 0.6) is 5.88 Å². The number of hydrogen-bond donors (Lipinski definition) is 1. The number of nitrogens with one attached hydrogen (secondary N) is 1. The maximum atomic E-state index is 13.0. The summed E-state index contributed by atoms with van der Waals surface area (Å²) in [7, 11) is 1.55. The van der Waals surface area contributed by atoms with E-state index in [0.29, 0.717) is 5.88 Å². The van der Waals surface area contributed by atoms with Gasteiger partial charge in [-0.05, 0) is 25.5 Å². The molecule has 1 aromatic heterocycles. The quantitative estimate of drug-likeness (QED) is 0.848. The molecule has 0 radical (unpaired) electrons. The van der Waals surface area contributed by atoms with Crippen molar-refractivity contribution in [2.45, 2.75) is 18.9 Å². The minimum atomic E-state index is -0.311. The highest BCUT2D eigenvalue weighted by molar-refractivity contribution is 5.85. The lowest BCUT2D eigenvalue weighted by molar-refractivity contribution is 0.383. The number of ether oxygens (including phenoxy) is 1. The highest BCUT2D eigenvalue weighted by Crippen LogP contribution is 2.29. The predicted octanol–water partition coefficient (Wildman–Crippen LogP) is 2.08. The first-order chi connectivity index (χ1) is 6.81. The van der Waals surface area contributed by atoms with Crippen LogP contribution in [0.3, 0.4) is 0 Å². The Bertz CT molecular complexity index is 329. The van der Waals surface area contributed by atoms with E-state index in [1.807, 2.05) is 0 Å². The van der Waals surface area contributed by atoms with Gasteiger partial charge in [-0.15, -0.1) is 12.4 Å². The number of nitrogens with zero attached hydrogens (tertiary/aromatic N) is 1. The first kappa shape index (κ1) is 12.2. The van der Waals surface area contributed by atoms with Crippen LogP contribution in [-0.4, -0.2) is 18.6 Å². The lowest BCUT2D eigenvalue weighted by Gasteiger charge is -2.13. The second kappa shape index (κ2) is 5.28. The molecule has 0 spiro atoms. The van der Waals surface area contributed by atoms with Gasteiger partial charge in [-0.25, -0.2) is 9.37 Å². The molecule has 0 aliphatic carbocycles. The van der Waals surface area contributed by atoms with E-state index in [2.05, 4.69) is 10.3 Å². The third-order valence-electron chi connectivity index (χ3n) is 2.47. The zero-order valence-corrected chi connectivity index (χ0v) is 9.31. The molecule has 3 nitrogen and oxygen atoms in total. The van der Waals surface area contributed by atoms with E-state index in [4.69, 9.17) is 4.74 Å². The summed E-state index contributed by atoms with van der Waals surface area (Å²) in [5, 5.41) is 3.29. The van der Waals surface area contributed by atoms with Gasteiger partial charge in [-0.1, -0.05) is 0 Å². The Morgan fingerprint density at radius 1 is 1.60 bits per heavy atom. The van der Waals surface area contributed by atoms with Crippen molar-refractivity contribution in [3.63, 3.8) is 0 Å². The predicted molar refractivity (Wildman–Crippen MR) is 58.0 cm³/mol. The van der Waals surface area contributed by atoms with E-state index >= 15 is 0 Å². The van der Waals surface area contributed by atoms with Gasteiger partial charge in [0.15, 0.2) is 0 Å². The molecule has 2 heterocycles. The number of aromatic nitrogens is 1. The molecule has 1 unspecified atom stereocenters. The average Bonchev–Trinajstić information content (AvgIpc) is 2.70. The van der Waals surface area contributed by atoms with Crippen LogP contribution in [0.1, 0.15) is 24.4 Å². The first-order valence-electron chi connectivity index (χ1n) is 4.74. The van der Waals surface area contributed by atoms with Crippen molar-refractivity contribution in [1.82, 2.24) is 10.3 Å². The van der Waals surface area contributed by atoms with Crippen molar-refractivity contribution in [1.29, 1.82) is 0 Å². The van der Waals surface area contributed by atoms with Crippen LogP contribution in [0.4, 0.5) is 4.39 Å². The third-order valence-corrected chi connectivity index (χ3v) is 2.47. The Morgan fingerprint density at radius 2 is 2.40 bits per heavy atom. The van der Waals surface area contributed by atoms with Gasteiger partial charge in [0.05, 0.1) is 13.3 Å². The molecule has 0 aromatic carbocycles. The second-order valence-electron chi connectivity index (χ2n) is 3.40. The van der Waals surface area contributed by atoms with Crippen molar-refractivity contribution in [2.75, 3.05) is 13.7 Å². The molecular weight excluding hydrogens is 219 g/mol. The zero-order chi connectivity index (χ0) is 9.97. The van der Waals surface area contributed by atoms with Crippen LogP contribution in [0.2, 0.25) is 0 Å². The molecule has 0 saturated carbocycles. The molecule has 5 heteroatoms. The minimum Gasteiger partial charge on any atom is -0.481 e. The Labute approximate surface area is 94.5 Å². The van der Waals surface area contributed by atoms with Crippen LogP contribution in [0, 0.1) is 5.82 Å². The molecular formula is C10H14ClFN2O. The summed E-state index contributed by atoms with van der Waals surface area (Å²) in [4.78, 5) is 3.90. The maximum Gasteiger partial charge on any atom is 0.218 e. The summed E-state index contributed by atoms with van der Waals surface area (Å²) < 4.78 is 18.1. The van der Waals surface area contributed by atoms with E-state index in [1.165, 1.54) is 12.3 Å². The molecule has 2 rings (SSSR count). The molecule has 1 N–H and O–H groups in total. The summed E-state index contributed by atoms with van der Waals surface area (Å²) in [6.07, 6.45) is 3.31. The number of methoxy groups -OCH3 is 1. The molecule has 1 atom stereocenters. The van der Waals surface area contributed by atoms with Crippen molar-refractivity contribution >= 4 is 12.4 Å². The van der Waals surface area contributed by atoms with Gasteiger partial charge < -0.3 is 10.1 Å². The van der Waals surface area contributed by atoms with Gasteiger partial charge >= 0.3 is 0 Å². The Balaban J connectivity index is 0.00000112. The fraction of sp³-hybridized carbons (Fsp3) is 0.500. The van der Waals surface area contributed by atoms with E-state index in [0.717, 1.165) is 24.9 Å². The second-order valence-corrected chi connectivity index (χ2v) is 3.40. The van der Waals surface area contributed by atoms with Crippen molar-refractivity contribution < 1.29 is 9.13 Å². The number of pyridine rings is 1. The van der Waals surface area contributed by atoms with Crippen LogP contribution in [0.15, 0.2) is 12.3 Å². The molecule has 1 aliphatic rings. The van der Waals surface area contributed by atoms with Crippen LogP contribution < -0.4 is 10.1 Å². The lowest BCUT2D eigenvalue weighted by atomic mass is 10.1. The molecule has 84 valence electrons. The van der Waals surface area contributed by atoms with Crippen molar-refractivity contribution in [3.05, 3.63) is 23.6 Å². The Morgan fingerprint density at radius 3 is 3.00 bits per heavy atom. The first-order valence-corrected chi connectivity index (χ1v) is 4.74. The van der Waals surface area contributed by atoms with Gasteiger partial charge in [0, 0.05) is 11.6 Å². The summed E-state index contributed by atoms with van der Waals surface area (Å²) in [5.74, 6) is 0.209. The smallest absolute Gasteiger partial charge is 0.218 e. The van der Waals surface area contributed by atoms with Gasteiger partial charge in [0.25, 0.3) is 0 Å². The topological polar surface area (TPSA) is 34.1 Å². The van der Waals surface area contributed by atoms with E-state index in [9.17, 15) is 4.39 Å². The standard InChI is InChI=1S/C10H13FN2O.ClH/c1-14-10-8(5-7(11)6-13-10)9-3-2-4-12-9;/h5-6,9,12H,2-4H2,1H3;1H. The third kappa shape index (κ3) is 2.58. The van der Waals surface area contributed by atoms with Crippen LogP contribution in [0.25, 0.3) is 0 Å². The van der Waals surface area contributed by atoms with Gasteiger partial charge in [0.2, 0.25) is 5.88 Å². The number of hydrogen-bond acceptors (Lipinski definition) is 3. The van der Waals surface area contributed by atoms with Gasteiger partial charge in [-0.3, -0.25) is 0 Å². The summed E-state index contributed by atoms with van der Waals surface area (Å²) in [6.45, 7) is 0.977. The Hall–Kier alpha value is -0.870. The fourth-order valence-corrected chi connectivity index (χ4v) is 1.81. The van der Waals surface area contributed by atoms with Crippen molar-refractivity contribution in [3.8, 4) is 5.88 Å². The maximum absolute atomic E-state index is 13.0. The molecule has 1 fully saturated rings. The van der Waals surface area contributed by atoms with Crippen molar-refractivity contribution in [2.24, 2.45) is 0 Å². The fourth-order valence-electron chi connectivity index (χ4n) is 1.81. The number of halogens is 2. The summed E-state index contributed by atoms with van der Waals surface area (Å²) in [5.41, 5.74) is 0.824. The van der Waals surface area contributed by atoms with E-state index in [1.54, 1.807) is 7.11 Å². The average molecular weight is 233 g/mol. The molecule has 0 bridgehead atoms. The molecule has 15 heavy (non-hydrogen) atoms. The summed E-state index contributed by atoms with van der Waals surface area (Å²) in [6, 6.07) is 1.68. The van der Waals surface area contributed by atoms with Crippen LogP contribution >= 0.6 is 12.4 Å². The highest BCUT2D eigenvalue weighted by Gasteiger charge is 2.21. The Kier molecular flexibility index (Phi) is 4.29. The normalized spacial score (nSPS) is 19.7. The summed E-state index contributed by atoms with van der Waals surface area (Å²) >= 11 is 0. The molecule has 1 saturated heterocycles. The van der Waals surface area contributed by atoms with Crippen LogP contribution in [-0.2, 0) is 0 Å². The molecule has 1 aromatic rings. The van der Waals surface area contributed by atoms with Gasteiger partial charge in [-0.2, -0.15) is 0 Å². The molecule has 1 aliphatic heterocycles. The highest BCUT2D eigenvalue weighted by atomic mass is 35.5. The molecule has 0 amide bonds. The van der Waals surface area contributed by atoms with E-state index in [-0.39, 0.29) is 24.3 Å². The zero-order valence-electron chi connectivity index (χ0n) is 8.50. The van der Waals surface area contributed by atoms with Gasteiger partial charge in [0.1, 0.15) is 5.82 Å².